The van der Waals surface area contributed by atoms with Crippen LogP contribution in [-0.4, -0.2) is 30.4 Å². The van der Waals surface area contributed by atoms with Gasteiger partial charge in [-0.05, 0) is 49.9 Å². The van der Waals surface area contributed by atoms with E-state index < -0.39 is 0 Å². The number of carbonyl (C=O) groups excluding carboxylic acids is 1. The Kier molecular flexibility index (Phi) is 4.61. The maximum atomic E-state index is 12.9. The molecule has 2 aromatic rings. The highest BCUT2D eigenvalue weighted by Gasteiger charge is 2.29. The molecular weight excluding hydrogens is 296 g/mol. The van der Waals surface area contributed by atoms with E-state index in [2.05, 4.69) is 55.1 Å². The monoisotopic (exact) mass is 322 g/mol. The van der Waals surface area contributed by atoms with E-state index in [0.29, 0.717) is 6.54 Å². The van der Waals surface area contributed by atoms with Gasteiger partial charge in [-0.15, -0.1) is 0 Å². The van der Waals surface area contributed by atoms with Gasteiger partial charge < -0.3 is 9.80 Å². The summed E-state index contributed by atoms with van der Waals surface area (Å²) in [6, 6.07) is 14.7. The Labute approximate surface area is 144 Å². The Bertz CT molecular complexity index is 753. The molecule has 1 amide bonds. The molecule has 0 aliphatic carbocycles. The number of rotatable bonds is 4. The molecule has 0 bridgehead atoms. The fourth-order valence-corrected chi connectivity index (χ4v) is 3.57. The molecule has 3 rings (SSSR count). The van der Waals surface area contributed by atoms with Crippen LogP contribution < -0.4 is 4.90 Å². The Morgan fingerprint density at radius 3 is 2.71 bits per heavy atom. The Morgan fingerprint density at radius 2 is 1.96 bits per heavy atom. The molecule has 0 saturated carbocycles. The number of nitrogens with zero attached hydrogens (tertiary/aromatic N) is 2. The van der Waals surface area contributed by atoms with Crippen LogP contribution in [0.4, 0.5) is 5.69 Å². The molecule has 2 aromatic carbocycles. The van der Waals surface area contributed by atoms with Crippen LogP contribution in [0.5, 0.6) is 0 Å². The molecular formula is C21H26N2O. The normalized spacial score (nSPS) is 14.4. The van der Waals surface area contributed by atoms with Gasteiger partial charge in [0.25, 0.3) is 0 Å². The van der Waals surface area contributed by atoms with Gasteiger partial charge in [0.15, 0.2) is 0 Å². The molecule has 0 fully saturated rings. The maximum absolute atomic E-state index is 12.9. The summed E-state index contributed by atoms with van der Waals surface area (Å²) in [6.07, 6.45) is 1.02. The lowest BCUT2D eigenvalue weighted by molar-refractivity contribution is -0.131. The summed E-state index contributed by atoms with van der Waals surface area (Å²) in [5, 5.41) is 0. The average molecular weight is 322 g/mol. The molecule has 0 radical (unpaired) electrons. The largest absolute Gasteiger partial charge is 0.359 e. The van der Waals surface area contributed by atoms with E-state index in [0.717, 1.165) is 13.0 Å². The van der Waals surface area contributed by atoms with Crippen molar-refractivity contribution in [1.29, 1.82) is 0 Å². The number of aryl methyl sites for hydroxylation is 2. The minimum atomic E-state index is -0.135. The highest BCUT2D eigenvalue weighted by Crippen LogP contribution is 2.29. The molecule has 1 aliphatic heterocycles. The van der Waals surface area contributed by atoms with Crippen molar-refractivity contribution in [3.8, 4) is 0 Å². The summed E-state index contributed by atoms with van der Waals surface area (Å²) in [5.41, 5.74) is 6.26. The van der Waals surface area contributed by atoms with Gasteiger partial charge in [-0.25, -0.2) is 0 Å². The van der Waals surface area contributed by atoms with E-state index in [1.54, 1.807) is 0 Å². The molecule has 3 heteroatoms. The number of benzene rings is 2. The third-order valence-corrected chi connectivity index (χ3v) is 5.03. The predicted molar refractivity (Wildman–Crippen MR) is 99.3 cm³/mol. The van der Waals surface area contributed by atoms with Gasteiger partial charge in [0.2, 0.25) is 5.91 Å². The third kappa shape index (κ3) is 3.16. The summed E-state index contributed by atoms with van der Waals surface area (Å²) in [6.45, 7) is 7.80. The van der Waals surface area contributed by atoms with Crippen molar-refractivity contribution in [2.75, 3.05) is 18.5 Å². The molecule has 24 heavy (non-hydrogen) atoms. The van der Waals surface area contributed by atoms with E-state index in [4.69, 9.17) is 0 Å². The van der Waals surface area contributed by atoms with Crippen molar-refractivity contribution >= 4 is 11.6 Å². The van der Waals surface area contributed by atoms with Gasteiger partial charge in [-0.3, -0.25) is 4.79 Å². The number of hydrogen-bond donors (Lipinski definition) is 0. The Balaban J connectivity index is 1.72. The third-order valence-electron chi connectivity index (χ3n) is 5.03. The molecule has 0 aromatic heterocycles. The first-order valence-electron chi connectivity index (χ1n) is 8.63. The molecule has 3 nitrogen and oxygen atoms in total. The maximum Gasteiger partial charge on any atom is 0.245 e. The molecule has 1 aliphatic rings. The van der Waals surface area contributed by atoms with Gasteiger partial charge in [0, 0.05) is 25.8 Å². The zero-order valence-electron chi connectivity index (χ0n) is 15.0. The van der Waals surface area contributed by atoms with Crippen LogP contribution in [0.3, 0.4) is 0 Å². The number of fused-ring (bicyclic) bond motifs is 1. The molecule has 126 valence electrons. The standard InChI is InChI=1S/C21H26N2O/c1-15-9-10-19(16(2)13-15)14-22(4)21(24)17(3)23-12-11-18-7-5-6-8-20(18)23/h5-10,13,17H,11-12,14H2,1-4H3/t17-/m0/s1. The van der Waals surface area contributed by atoms with Crippen LogP contribution in [0.1, 0.15) is 29.2 Å². The quantitative estimate of drug-likeness (QED) is 0.856. The number of anilines is 1. The fraction of sp³-hybridized carbons (Fsp3) is 0.381. The second kappa shape index (κ2) is 6.68. The molecule has 1 atom stereocenters. The molecule has 0 saturated heterocycles. The Morgan fingerprint density at radius 1 is 1.21 bits per heavy atom. The Hall–Kier alpha value is -2.29. The van der Waals surface area contributed by atoms with Crippen molar-refractivity contribution in [2.24, 2.45) is 0 Å². The summed E-state index contributed by atoms with van der Waals surface area (Å²) >= 11 is 0. The first-order chi connectivity index (χ1) is 11.5. The minimum absolute atomic E-state index is 0.135. The van der Waals surface area contributed by atoms with E-state index >= 15 is 0 Å². The molecule has 1 heterocycles. The fourth-order valence-electron chi connectivity index (χ4n) is 3.57. The summed E-state index contributed by atoms with van der Waals surface area (Å²) < 4.78 is 0. The van der Waals surface area contributed by atoms with E-state index in [1.807, 2.05) is 24.9 Å². The number of likely N-dealkylation sites (N-methyl/N-ethyl adjacent to an activating group) is 1. The number of carbonyl (C=O) groups is 1. The van der Waals surface area contributed by atoms with Crippen molar-refractivity contribution in [3.05, 3.63) is 64.7 Å². The number of para-hydroxylation sites is 1. The summed E-state index contributed by atoms with van der Waals surface area (Å²) in [7, 11) is 1.90. The second-order valence-electron chi connectivity index (χ2n) is 6.87. The van der Waals surface area contributed by atoms with Crippen molar-refractivity contribution in [3.63, 3.8) is 0 Å². The van der Waals surface area contributed by atoms with Crippen LogP contribution in [0, 0.1) is 13.8 Å². The second-order valence-corrected chi connectivity index (χ2v) is 6.87. The topological polar surface area (TPSA) is 23.6 Å². The predicted octanol–water partition coefficient (Wildman–Crippen LogP) is 3.71. The van der Waals surface area contributed by atoms with Crippen LogP contribution in [0.2, 0.25) is 0 Å². The van der Waals surface area contributed by atoms with E-state index in [1.165, 1.54) is 27.9 Å². The zero-order valence-corrected chi connectivity index (χ0v) is 15.0. The van der Waals surface area contributed by atoms with Crippen LogP contribution in [0.15, 0.2) is 42.5 Å². The van der Waals surface area contributed by atoms with Crippen LogP contribution in [-0.2, 0) is 17.8 Å². The number of amides is 1. The highest BCUT2D eigenvalue weighted by molar-refractivity contribution is 5.85. The smallest absolute Gasteiger partial charge is 0.245 e. The zero-order chi connectivity index (χ0) is 17.3. The van der Waals surface area contributed by atoms with Gasteiger partial charge in [-0.1, -0.05) is 42.0 Å². The summed E-state index contributed by atoms with van der Waals surface area (Å²) in [5.74, 6) is 0.173. The lowest BCUT2D eigenvalue weighted by Crippen LogP contribution is -2.45. The molecule has 0 spiro atoms. The lowest BCUT2D eigenvalue weighted by Gasteiger charge is -2.30. The lowest BCUT2D eigenvalue weighted by atomic mass is 10.1. The van der Waals surface area contributed by atoms with Crippen LogP contribution in [0.25, 0.3) is 0 Å². The molecule has 0 N–H and O–H groups in total. The van der Waals surface area contributed by atoms with Crippen molar-refractivity contribution < 1.29 is 4.79 Å². The first kappa shape index (κ1) is 16.6. The summed E-state index contributed by atoms with van der Waals surface area (Å²) in [4.78, 5) is 17.0. The minimum Gasteiger partial charge on any atom is -0.359 e. The van der Waals surface area contributed by atoms with Crippen molar-refractivity contribution in [1.82, 2.24) is 4.90 Å². The SMILES string of the molecule is Cc1ccc(CN(C)C(=O)[C@H](C)N2CCc3ccccc32)c(C)c1. The highest BCUT2D eigenvalue weighted by atomic mass is 16.2. The van der Waals surface area contributed by atoms with Crippen molar-refractivity contribution in [2.45, 2.75) is 39.8 Å². The van der Waals surface area contributed by atoms with Gasteiger partial charge in [-0.2, -0.15) is 0 Å². The molecule has 0 unspecified atom stereocenters. The van der Waals surface area contributed by atoms with Gasteiger partial charge in [0.05, 0.1) is 0 Å². The average Bonchev–Trinajstić information content (AvgIpc) is 3.00. The first-order valence-corrected chi connectivity index (χ1v) is 8.63. The van der Waals surface area contributed by atoms with E-state index in [-0.39, 0.29) is 11.9 Å². The van der Waals surface area contributed by atoms with Gasteiger partial charge >= 0.3 is 0 Å². The van der Waals surface area contributed by atoms with E-state index in [9.17, 15) is 4.79 Å². The van der Waals surface area contributed by atoms with Crippen LogP contribution >= 0.6 is 0 Å². The van der Waals surface area contributed by atoms with Gasteiger partial charge in [0.1, 0.15) is 6.04 Å². The number of hydrogen-bond acceptors (Lipinski definition) is 2.